The van der Waals surface area contributed by atoms with Crippen molar-refractivity contribution in [2.75, 3.05) is 26.2 Å². The molecule has 0 aromatic rings. The van der Waals surface area contributed by atoms with Gasteiger partial charge < -0.3 is 14.8 Å². The summed E-state index contributed by atoms with van der Waals surface area (Å²) in [7, 11) is 0. The molecule has 1 aliphatic rings. The number of rotatable bonds is 5. The molecule has 0 aromatic heterocycles. The van der Waals surface area contributed by atoms with Crippen LogP contribution in [0.2, 0.25) is 0 Å². The molecule has 0 radical (unpaired) electrons. The third-order valence-corrected chi connectivity index (χ3v) is 2.95. The molecule has 0 aromatic carbocycles. The topological polar surface area (TPSA) is 76.7 Å². The standard InChI is InChI=1S/C14H26N2O4/c1-5-6-9-19-11(17)14(10-15-7-8-16-14)12(18)20-13(2,3)4/h15-16H,5-10H2,1-4H3. The molecule has 1 saturated heterocycles. The van der Waals surface area contributed by atoms with Crippen LogP contribution in [-0.4, -0.2) is 49.3 Å². The van der Waals surface area contributed by atoms with E-state index in [4.69, 9.17) is 9.47 Å². The van der Waals surface area contributed by atoms with Crippen LogP contribution in [0.5, 0.6) is 0 Å². The van der Waals surface area contributed by atoms with Gasteiger partial charge in [0, 0.05) is 19.6 Å². The predicted molar refractivity (Wildman–Crippen MR) is 75.3 cm³/mol. The zero-order chi connectivity index (χ0) is 15.2. The maximum atomic E-state index is 12.4. The van der Waals surface area contributed by atoms with Crippen LogP contribution < -0.4 is 10.6 Å². The first kappa shape index (κ1) is 16.9. The monoisotopic (exact) mass is 286 g/mol. The molecule has 116 valence electrons. The Balaban J connectivity index is 2.80. The van der Waals surface area contributed by atoms with Crippen LogP contribution in [0.1, 0.15) is 40.5 Å². The molecule has 0 amide bonds. The zero-order valence-corrected chi connectivity index (χ0v) is 12.9. The Morgan fingerprint density at radius 2 is 1.90 bits per heavy atom. The number of piperazine rings is 1. The van der Waals surface area contributed by atoms with E-state index in [1.54, 1.807) is 20.8 Å². The number of hydrogen-bond acceptors (Lipinski definition) is 6. The van der Waals surface area contributed by atoms with Crippen LogP contribution in [0, 0.1) is 0 Å². The number of esters is 2. The molecule has 1 atom stereocenters. The molecule has 1 aliphatic heterocycles. The minimum Gasteiger partial charge on any atom is -0.464 e. The molecular formula is C14H26N2O4. The number of nitrogens with one attached hydrogen (secondary N) is 2. The maximum absolute atomic E-state index is 12.4. The van der Waals surface area contributed by atoms with Crippen molar-refractivity contribution in [1.82, 2.24) is 10.6 Å². The van der Waals surface area contributed by atoms with Crippen LogP contribution in [0.15, 0.2) is 0 Å². The fraction of sp³-hybridized carbons (Fsp3) is 0.857. The number of carbonyl (C=O) groups excluding carboxylic acids is 2. The maximum Gasteiger partial charge on any atom is 0.339 e. The first-order valence-corrected chi connectivity index (χ1v) is 7.18. The van der Waals surface area contributed by atoms with Gasteiger partial charge in [0.15, 0.2) is 0 Å². The Morgan fingerprint density at radius 1 is 1.20 bits per heavy atom. The number of ether oxygens (including phenoxy) is 2. The van der Waals surface area contributed by atoms with Crippen molar-refractivity contribution in [3.63, 3.8) is 0 Å². The molecule has 0 spiro atoms. The van der Waals surface area contributed by atoms with Gasteiger partial charge in [-0.1, -0.05) is 13.3 Å². The summed E-state index contributed by atoms with van der Waals surface area (Å²) >= 11 is 0. The molecule has 1 unspecified atom stereocenters. The normalized spacial score (nSPS) is 23.2. The summed E-state index contributed by atoms with van der Waals surface area (Å²) in [5.74, 6) is -1.15. The van der Waals surface area contributed by atoms with Crippen molar-refractivity contribution >= 4 is 11.9 Å². The average molecular weight is 286 g/mol. The van der Waals surface area contributed by atoms with Gasteiger partial charge in [0.05, 0.1) is 6.61 Å². The molecule has 1 rings (SSSR count). The molecule has 1 heterocycles. The van der Waals surface area contributed by atoms with E-state index in [0.29, 0.717) is 19.7 Å². The highest BCUT2D eigenvalue weighted by atomic mass is 16.6. The number of unbranched alkanes of at least 4 members (excludes halogenated alkanes) is 1. The second kappa shape index (κ2) is 7.04. The lowest BCUT2D eigenvalue weighted by atomic mass is 9.97. The lowest BCUT2D eigenvalue weighted by Crippen LogP contribution is -2.69. The third-order valence-electron chi connectivity index (χ3n) is 2.95. The van der Waals surface area contributed by atoms with Crippen LogP contribution in [0.25, 0.3) is 0 Å². The van der Waals surface area contributed by atoms with E-state index in [1.165, 1.54) is 0 Å². The molecule has 6 heteroatoms. The van der Waals surface area contributed by atoms with E-state index in [9.17, 15) is 9.59 Å². The molecule has 20 heavy (non-hydrogen) atoms. The minimum atomic E-state index is -1.43. The second-order valence-electron chi connectivity index (χ2n) is 6.00. The van der Waals surface area contributed by atoms with Crippen molar-refractivity contribution < 1.29 is 19.1 Å². The largest absolute Gasteiger partial charge is 0.464 e. The highest BCUT2D eigenvalue weighted by molar-refractivity contribution is 6.05. The molecule has 6 nitrogen and oxygen atoms in total. The van der Waals surface area contributed by atoms with E-state index >= 15 is 0 Å². The van der Waals surface area contributed by atoms with Crippen LogP contribution in [-0.2, 0) is 19.1 Å². The summed E-state index contributed by atoms with van der Waals surface area (Å²) in [5.41, 5.74) is -2.08. The van der Waals surface area contributed by atoms with Crippen LogP contribution in [0.3, 0.4) is 0 Å². The van der Waals surface area contributed by atoms with Crippen molar-refractivity contribution in [2.45, 2.75) is 51.7 Å². The highest BCUT2D eigenvalue weighted by Crippen LogP contribution is 2.17. The fourth-order valence-corrected chi connectivity index (χ4v) is 1.87. The molecular weight excluding hydrogens is 260 g/mol. The van der Waals surface area contributed by atoms with Crippen molar-refractivity contribution in [3.8, 4) is 0 Å². The molecule has 2 N–H and O–H groups in total. The first-order chi connectivity index (χ1) is 9.32. The summed E-state index contributed by atoms with van der Waals surface area (Å²) < 4.78 is 10.6. The summed E-state index contributed by atoms with van der Waals surface area (Å²) in [6, 6.07) is 0. The summed E-state index contributed by atoms with van der Waals surface area (Å²) in [5, 5.41) is 6.02. The van der Waals surface area contributed by atoms with Gasteiger partial charge >= 0.3 is 11.9 Å². The molecule has 0 aliphatic carbocycles. The first-order valence-electron chi connectivity index (χ1n) is 7.18. The van der Waals surface area contributed by atoms with E-state index < -0.39 is 23.1 Å². The lowest BCUT2D eigenvalue weighted by molar-refractivity contribution is -0.174. The van der Waals surface area contributed by atoms with Crippen molar-refractivity contribution in [2.24, 2.45) is 0 Å². The zero-order valence-electron chi connectivity index (χ0n) is 12.9. The highest BCUT2D eigenvalue weighted by Gasteiger charge is 2.50. The lowest BCUT2D eigenvalue weighted by Gasteiger charge is -2.36. The second-order valence-corrected chi connectivity index (χ2v) is 6.00. The van der Waals surface area contributed by atoms with Gasteiger partial charge in [-0.25, -0.2) is 9.59 Å². The third kappa shape index (κ3) is 4.45. The fourth-order valence-electron chi connectivity index (χ4n) is 1.87. The quantitative estimate of drug-likeness (QED) is 0.438. The smallest absolute Gasteiger partial charge is 0.339 e. The minimum absolute atomic E-state index is 0.187. The van der Waals surface area contributed by atoms with Gasteiger partial charge in [0.2, 0.25) is 5.54 Å². The Labute approximate surface area is 120 Å². The van der Waals surface area contributed by atoms with Gasteiger partial charge in [-0.05, 0) is 27.2 Å². The average Bonchev–Trinajstić information content (AvgIpc) is 2.37. The van der Waals surface area contributed by atoms with E-state index in [2.05, 4.69) is 10.6 Å². The Bertz CT molecular complexity index is 344. The van der Waals surface area contributed by atoms with Gasteiger partial charge in [-0.15, -0.1) is 0 Å². The summed E-state index contributed by atoms with van der Waals surface area (Å²) in [4.78, 5) is 24.7. The molecule has 0 bridgehead atoms. The predicted octanol–water partition coefficient (Wildman–Crippen LogP) is 0.603. The van der Waals surface area contributed by atoms with Gasteiger partial charge in [-0.2, -0.15) is 0 Å². The summed E-state index contributed by atoms with van der Waals surface area (Å²) in [6.07, 6.45) is 1.71. The number of carbonyl (C=O) groups is 2. The van der Waals surface area contributed by atoms with E-state index in [0.717, 1.165) is 12.8 Å². The van der Waals surface area contributed by atoms with E-state index in [1.807, 2.05) is 6.92 Å². The van der Waals surface area contributed by atoms with Crippen LogP contribution in [0.4, 0.5) is 0 Å². The van der Waals surface area contributed by atoms with Crippen molar-refractivity contribution in [3.05, 3.63) is 0 Å². The van der Waals surface area contributed by atoms with Gasteiger partial charge in [0.1, 0.15) is 5.60 Å². The van der Waals surface area contributed by atoms with Gasteiger partial charge in [0.25, 0.3) is 0 Å². The molecule has 1 fully saturated rings. The van der Waals surface area contributed by atoms with Gasteiger partial charge in [-0.3, -0.25) is 5.32 Å². The van der Waals surface area contributed by atoms with Crippen LogP contribution >= 0.6 is 0 Å². The Morgan fingerprint density at radius 3 is 2.40 bits per heavy atom. The SMILES string of the molecule is CCCCOC(=O)C1(C(=O)OC(C)(C)C)CNCCN1. The van der Waals surface area contributed by atoms with E-state index in [-0.39, 0.29) is 6.54 Å². The molecule has 0 saturated carbocycles. The van der Waals surface area contributed by atoms with Crippen molar-refractivity contribution in [1.29, 1.82) is 0 Å². The summed E-state index contributed by atoms with van der Waals surface area (Å²) in [6.45, 7) is 9.06. The Hall–Kier alpha value is -1.14. The Kier molecular flexibility index (Phi) is 5.95. The number of hydrogen-bond donors (Lipinski definition) is 2.